The van der Waals surface area contributed by atoms with Crippen molar-refractivity contribution in [3.8, 4) is 11.5 Å². The largest absolute Gasteiger partial charge is 0.493 e. The molecule has 188 valence electrons. The number of amides is 1. The fourth-order valence-corrected chi connectivity index (χ4v) is 5.37. The molecule has 2 aromatic heterocycles. The molecule has 0 spiro atoms. The van der Waals surface area contributed by atoms with Crippen LogP contribution in [0.15, 0.2) is 76.3 Å². The predicted octanol–water partition coefficient (Wildman–Crippen LogP) is 4.22. The Hall–Kier alpha value is -4.44. The Labute approximate surface area is 214 Å². The fourth-order valence-electron chi connectivity index (χ4n) is 4.21. The highest BCUT2D eigenvalue weighted by molar-refractivity contribution is 7.25. The third-order valence-electron chi connectivity index (χ3n) is 5.96. The van der Waals surface area contributed by atoms with Crippen molar-refractivity contribution < 1.29 is 18.7 Å². The summed E-state index contributed by atoms with van der Waals surface area (Å²) in [5.41, 5.74) is 0.368. The van der Waals surface area contributed by atoms with Gasteiger partial charge in [-0.2, -0.15) is 0 Å². The lowest BCUT2D eigenvalue weighted by atomic mass is 10.2. The number of benzene rings is 3. The maximum absolute atomic E-state index is 13.6. The molecule has 0 unspecified atom stereocenters. The van der Waals surface area contributed by atoms with Crippen molar-refractivity contribution in [3.63, 3.8) is 0 Å². The summed E-state index contributed by atoms with van der Waals surface area (Å²) < 4.78 is 27.5. The molecule has 1 amide bonds. The van der Waals surface area contributed by atoms with E-state index in [2.05, 4.69) is 5.32 Å². The van der Waals surface area contributed by atoms with Crippen LogP contribution >= 0.6 is 11.3 Å². The fraction of sp³-hybridized carbons (Fsp3) is 0.148. The summed E-state index contributed by atoms with van der Waals surface area (Å²) in [5, 5.41) is 3.49. The van der Waals surface area contributed by atoms with Gasteiger partial charge in [0.2, 0.25) is 5.91 Å². The number of nitrogens with one attached hydrogen (secondary N) is 1. The molecule has 0 fully saturated rings. The number of thiophene rings is 1. The number of anilines is 1. The average molecular weight is 520 g/mol. The van der Waals surface area contributed by atoms with Crippen molar-refractivity contribution >= 4 is 43.2 Å². The van der Waals surface area contributed by atoms with Gasteiger partial charge >= 0.3 is 5.69 Å². The van der Waals surface area contributed by atoms with Crippen molar-refractivity contribution in [1.29, 1.82) is 0 Å². The minimum absolute atomic E-state index is 0.0561. The molecule has 0 aliphatic rings. The monoisotopic (exact) mass is 519 g/mol. The number of methoxy groups -OCH3 is 2. The van der Waals surface area contributed by atoms with Crippen LogP contribution in [0.1, 0.15) is 5.56 Å². The number of hydrogen-bond acceptors (Lipinski definition) is 6. The first kappa shape index (κ1) is 24.3. The van der Waals surface area contributed by atoms with Gasteiger partial charge < -0.3 is 14.8 Å². The lowest BCUT2D eigenvalue weighted by molar-refractivity contribution is -0.116. The van der Waals surface area contributed by atoms with Crippen LogP contribution in [-0.2, 0) is 17.9 Å². The first-order chi connectivity index (χ1) is 17.9. The number of carbonyl (C=O) groups is 1. The zero-order valence-corrected chi connectivity index (χ0v) is 20.8. The molecule has 5 rings (SSSR count). The van der Waals surface area contributed by atoms with Crippen molar-refractivity contribution in [3.05, 3.63) is 98.9 Å². The summed E-state index contributed by atoms with van der Waals surface area (Å²) >= 11 is 1.26. The van der Waals surface area contributed by atoms with E-state index in [0.717, 1.165) is 9.27 Å². The van der Waals surface area contributed by atoms with Gasteiger partial charge in [0.05, 0.1) is 26.3 Å². The van der Waals surface area contributed by atoms with Crippen LogP contribution in [0.4, 0.5) is 10.1 Å². The van der Waals surface area contributed by atoms with Gasteiger partial charge in [-0.15, -0.1) is 11.3 Å². The minimum atomic E-state index is -0.632. The molecular weight excluding hydrogens is 497 g/mol. The molecule has 2 heterocycles. The van der Waals surface area contributed by atoms with Crippen molar-refractivity contribution in [2.24, 2.45) is 0 Å². The zero-order chi connectivity index (χ0) is 26.1. The normalized spacial score (nSPS) is 11.1. The Kier molecular flexibility index (Phi) is 6.49. The second kappa shape index (κ2) is 9.90. The molecular formula is C27H22FN3O5S. The van der Waals surface area contributed by atoms with E-state index < -0.39 is 23.0 Å². The van der Waals surface area contributed by atoms with E-state index in [1.807, 2.05) is 24.3 Å². The van der Waals surface area contributed by atoms with Gasteiger partial charge in [0, 0.05) is 21.8 Å². The van der Waals surface area contributed by atoms with E-state index in [9.17, 15) is 18.8 Å². The number of fused-ring (bicyclic) bond motifs is 3. The van der Waals surface area contributed by atoms with E-state index in [4.69, 9.17) is 9.47 Å². The number of carbonyl (C=O) groups excluding carboxylic acids is 1. The van der Waals surface area contributed by atoms with Crippen LogP contribution < -0.4 is 26.0 Å². The second-order valence-electron chi connectivity index (χ2n) is 8.28. The van der Waals surface area contributed by atoms with Crippen LogP contribution in [-0.4, -0.2) is 29.3 Å². The molecule has 0 aliphatic heterocycles. The van der Waals surface area contributed by atoms with Gasteiger partial charge in [0.15, 0.2) is 11.5 Å². The maximum atomic E-state index is 13.6. The van der Waals surface area contributed by atoms with Gasteiger partial charge in [0.25, 0.3) is 5.56 Å². The molecule has 10 heteroatoms. The molecule has 0 atom stereocenters. The average Bonchev–Trinajstić information content (AvgIpc) is 3.30. The van der Waals surface area contributed by atoms with Crippen LogP contribution in [0.2, 0.25) is 0 Å². The summed E-state index contributed by atoms with van der Waals surface area (Å²) in [6, 6.07) is 17.9. The summed E-state index contributed by atoms with van der Waals surface area (Å²) in [6.07, 6.45) is 0. The highest BCUT2D eigenvalue weighted by atomic mass is 32.1. The summed E-state index contributed by atoms with van der Waals surface area (Å²) in [6.45, 7) is -0.381. The van der Waals surface area contributed by atoms with Crippen molar-refractivity contribution in [1.82, 2.24) is 9.13 Å². The van der Waals surface area contributed by atoms with E-state index in [1.54, 1.807) is 18.2 Å². The van der Waals surface area contributed by atoms with Gasteiger partial charge in [-0.1, -0.05) is 30.3 Å². The Morgan fingerprint density at radius 3 is 2.41 bits per heavy atom. The quantitative estimate of drug-likeness (QED) is 0.348. The highest BCUT2D eigenvalue weighted by Gasteiger charge is 2.20. The zero-order valence-electron chi connectivity index (χ0n) is 20.0. The van der Waals surface area contributed by atoms with Crippen molar-refractivity contribution in [2.75, 3.05) is 19.5 Å². The summed E-state index contributed by atoms with van der Waals surface area (Å²) in [4.78, 5) is 40.2. The maximum Gasteiger partial charge on any atom is 0.332 e. The molecule has 0 bridgehead atoms. The van der Waals surface area contributed by atoms with Crippen molar-refractivity contribution in [2.45, 2.75) is 13.1 Å². The molecule has 8 nitrogen and oxygen atoms in total. The standard InChI is InChI=1S/C27H22FN3O5S/c1-35-20-12-11-18(13-21(20)36-2)29-23(32)15-30-24-19-5-3-4-6-22(19)37-25(24)26(33)31(27(30)34)14-16-7-9-17(28)10-8-16/h3-13H,14-15H2,1-2H3,(H,29,32). The van der Waals surface area contributed by atoms with Gasteiger partial charge in [-0.25, -0.2) is 9.18 Å². The van der Waals surface area contributed by atoms with E-state index in [1.165, 1.54) is 54.4 Å². The third kappa shape index (κ3) is 4.58. The minimum Gasteiger partial charge on any atom is -0.493 e. The molecule has 5 aromatic rings. The van der Waals surface area contributed by atoms with Crippen LogP contribution in [0.3, 0.4) is 0 Å². The van der Waals surface area contributed by atoms with Crippen LogP contribution in [0.5, 0.6) is 11.5 Å². The number of halogens is 1. The van der Waals surface area contributed by atoms with Crippen LogP contribution in [0.25, 0.3) is 20.3 Å². The molecule has 0 saturated carbocycles. The van der Waals surface area contributed by atoms with Gasteiger partial charge in [-0.05, 0) is 35.9 Å². The Morgan fingerprint density at radius 2 is 1.68 bits per heavy atom. The predicted molar refractivity (Wildman–Crippen MR) is 142 cm³/mol. The first-order valence-electron chi connectivity index (χ1n) is 11.3. The first-order valence-corrected chi connectivity index (χ1v) is 12.1. The molecule has 0 aliphatic carbocycles. The van der Waals surface area contributed by atoms with Gasteiger partial charge in [0.1, 0.15) is 17.1 Å². The van der Waals surface area contributed by atoms with Gasteiger partial charge in [-0.3, -0.25) is 18.7 Å². The third-order valence-corrected chi connectivity index (χ3v) is 7.11. The Bertz CT molecular complexity index is 1760. The molecule has 1 N–H and O–H groups in total. The van der Waals surface area contributed by atoms with E-state index >= 15 is 0 Å². The van der Waals surface area contributed by atoms with Crippen LogP contribution in [0, 0.1) is 5.82 Å². The van der Waals surface area contributed by atoms with E-state index in [-0.39, 0.29) is 13.1 Å². The number of aromatic nitrogens is 2. The van der Waals surface area contributed by atoms with E-state index in [0.29, 0.717) is 38.4 Å². The summed E-state index contributed by atoms with van der Waals surface area (Å²) in [7, 11) is 3.01. The molecule has 3 aromatic carbocycles. The molecule has 0 saturated heterocycles. The molecule has 37 heavy (non-hydrogen) atoms. The topological polar surface area (TPSA) is 91.6 Å². The number of ether oxygens (including phenoxy) is 2. The summed E-state index contributed by atoms with van der Waals surface area (Å²) in [5.74, 6) is 0.0748. The highest BCUT2D eigenvalue weighted by Crippen LogP contribution is 2.32. The number of hydrogen-bond donors (Lipinski definition) is 1. The lowest BCUT2D eigenvalue weighted by Gasteiger charge is -2.14. The molecule has 0 radical (unpaired) electrons. The Morgan fingerprint density at radius 1 is 0.946 bits per heavy atom. The number of nitrogens with zero attached hydrogens (tertiary/aromatic N) is 2. The SMILES string of the molecule is COc1ccc(NC(=O)Cn2c(=O)n(Cc3ccc(F)cc3)c(=O)c3sc4ccccc4c32)cc1OC. The number of rotatable bonds is 7. The second-order valence-corrected chi connectivity index (χ2v) is 9.33. The smallest absolute Gasteiger partial charge is 0.332 e. The lowest BCUT2D eigenvalue weighted by Crippen LogP contribution is -2.41. The Balaban J connectivity index is 1.60.